The van der Waals surface area contributed by atoms with Gasteiger partial charge in [-0.1, -0.05) is 48.8 Å². The number of aliphatic carboxylic acids is 1. The van der Waals surface area contributed by atoms with E-state index in [2.05, 4.69) is 20.9 Å². The van der Waals surface area contributed by atoms with Gasteiger partial charge in [0.25, 0.3) is 5.91 Å². The van der Waals surface area contributed by atoms with Crippen LogP contribution in [0.5, 0.6) is 5.88 Å². The molecule has 1 aromatic heterocycles. The van der Waals surface area contributed by atoms with Crippen LogP contribution in [0.15, 0.2) is 41.0 Å². The van der Waals surface area contributed by atoms with Crippen molar-refractivity contribution in [1.82, 2.24) is 9.88 Å². The first-order valence-electron chi connectivity index (χ1n) is 12.9. The molecule has 2 saturated heterocycles. The zero-order valence-corrected chi connectivity index (χ0v) is 24.2. The number of halogens is 4. The predicted molar refractivity (Wildman–Crippen MR) is 141 cm³/mol. The Morgan fingerprint density at radius 2 is 1.95 bits per heavy atom. The van der Waals surface area contributed by atoms with Gasteiger partial charge in [-0.25, -0.2) is 9.78 Å². The number of pyridine rings is 1. The molecule has 0 radical (unpaired) electrons. The number of carbonyl (C=O) groups excluding carboxylic acids is 1. The fourth-order valence-electron chi connectivity index (χ4n) is 5.69. The number of amides is 1. The zero-order valence-electron chi connectivity index (χ0n) is 22.6. The molecule has 12 heteroatoms. The summed E-state index contributed by atoms with van der Waals surface area (Å²) in [5, 5.41) is 10.5. The summed E-state index contributed by atoms with van der Waals surface area (Å²) < 4.78 is 58.3. The summed E-state index contributed by atoms with van der Waals surface area (Å²) in [6, 6.07) is 5.91. The van der Waals surface area contributed by atoms with Gasteiger partial charge < -0.3 is 24.2 Å². The van der Waals surface area contributed by atoms with Crippen LogP contribution in [-0.4, -0.2) is 58.8 Å². The lowest BCUT2D eigenvalue weighted by molar-refractivity contribution is -0.156. The van der Waals surface area contributed by atoms with E-state index >= 15 is 0 Å². The molecule has 1 amide bonds. The first kappa shape index (κ1) is 30.3. The van der Waals surface area contributed by atoms with E-state index in [9.17, 15) is 27.9 Å². The van der Waals surface area contributed by atoms with Crippen molar-refractivity contribution < 1.29 is 42.1 Å². The highest BCUT2D eigenvalue weighted by Crippen LogP contribution is 2.50. The van der Waals surface area contributed by atoms with Gasteiger partial charge in [0.2, 0.25) is 5.88 Å². The number of alkyl halides is 3. The minimum Gasteiger partial charge on any atom is -0.481 e. The smallest absolute Gasteiger partial charge is 0.417 e. The van der Waals surface area contributed by atoms with Crippen LogP contribution in [0.2, 0.25) is 0 Å². The SMILES string of the molecule is COc1ncc(C(F)(F)F)cc1CO[C@H]1[C@H](C(C)(C)C)[C@@H](C(=O)O)N(C(=O)[C@@H]2CCCO2)[C@H]1c1cccc(Br)c1. The fourth-order valence-corrected chi connectivity index (χ4v) is 6.11. The van der Waals surface area contributed by atoms with E-state index in [-0.39, 0.29) is 18.1 Å². The van der Waals surface area contributed by atoms with Crippen LogP contribution in [0.4, 0.5) is 13.2 Å². The lowest BCUT2D eigenvalue weighted by Crippen LogP contribution is -2.50. The molecule has 218 valence electrons. The lowest BCUT2D eigenvalue weighted by Gasteiger charge is -2.35. The number of ether oxygens (including phenoxy) is 3. The van der Waals surface area contributed by atoms with Crippen molar-refractivity contribution in [3.8, 4) is 5.88 Å². The third-order valence-electron chi connectivity index (χ3n) is 7.38. The third-order valence-corrected chi connectivity index (χ3v) is 7.88. The second-order valence-corrected chi connectivity index (χ2v) is 12.0. The Bertz CT molecular complexity index is 1250. The van der Waals surface area contributed by atoms with Crippen molar-refractivity contribution in [3.05, 3.63) is 57.7 Å². The predicted octanol–water partition coefficient (Wildman–Crippen LogP) is 5.63. The topological polar surface area (TPSA) is 98.2 Å². The van der Waals surface area contributed by atoms with Gasteiger partial charge in [0.15, 0.2) is 0 Å². The maximum absolute atomic E-state index is 13.9. The van der Waals surface area contributed by atoms with E-state index in [1.165, 1.54) is 12.0 Å². The van der Waals surface area contributed by atoms with Gasteiger partial charge in [-0.15, -0.1) is 0 Å². The van der Waals surface area contributed by atoms with Gasteiger partial charge in [-0.2, -0.15) is 13.2 Å². The van der Waals surface area contributed by atoms with Crippen molar-refractivity contribution in [2.75, 3.05) is 13.7 Å². The monoisotopic (exact) mass is 628 g/mol. The first-order chi connectivity index (χ1) is 18.7. The molecule has 2 fully saturated rings. The van der Waals surface area contributed by atoms with Gasteiger partial charge in [0, 0.05) is 28.8 Å². The summed E-state index contributed by atoms with van der Waals surface area (Å²) in [6.07, 6.45) is -4.50. The highest BCUT2D eigenvalue weighted by Gasteiger charge is 2.59. The standard InChI is InChI=1S/C28H32BrF3N2O6/c1-27(2,3)20-22(26(36)37)34(25(35)19-9-6-10-39-19)21(15-7-5-8-18(29)12-15)23(20)40-14-16-11-17(28(30,31)32)13-33-24(16)38-4/h5,7-8,11-13,19-23H,6,9-10,14H2,1-4H3,(H,36,37)/t19-,20+,21-,22-,23-/m0/s1. The van der Waals surface area contributed by atoms with Crippen molar-refractivity contribution in [1.29, 1.82) is 0 Å². The molecule has 2 aliphatic heterocycles. The minimum absolute atomic E-state index is 0.0422. The number of aromatic nitrogens is 1. The number of likely N-dealkylation sites (tertiary alicyclic amines) is 1. The number of rotatable bonds is 7. The van der Waals surface area contributed by atoms with Crippen LogP contribution >= 0.6 is 15.9 Å². The third kappa shape index (κ3) is 6.13. The molecule has 2 aromatic rings. The molecule has 1 N–H and O–H groups in total. The second kappa shape index (κ2) is 11.7. The minimum atomic E-state index is -4.63. The molecular weight excluding hydrogens is 597 g/mol. The summed E-state index contributed by atoms with van der Waals surface area (Å²) in [6.45, 7) is 5.61. The van der Waals surface area contributed by atoms with Gasteiger partial charge in [-0.05, 0) is 42.0 Å². The largest absolute Gasteiger partial charge is 0.481 e. The number of methoxy groups -OCH3 is 1. The summed E-state index contributed by atoms with van der Waals surface area (Å²) >= 11 is 3.46. The molecule has 0 aliphatic carbocycles. The van der Waals surface area contributed by atoms with E-state index in [1.54, 1.807) is 24.3 Å². The van der Waals surface area contributed by atoms with E-state index < -0.39 is 59.2 Å². The molecule has 2 aliphatic rings. The Labute approximate surface area is 238 Å². The molecule has 5 atom stereocenters. The Balaban J connectivity index is 1.83. The average molecular weight is 629 g/mol. The maximum Gasteiger partial charge on any atom is 0.417 e. The molecule has 0 bridgehead atoms. The molecule has 1 aromatic carbocycles. The van der Waals surface area contributed by atoms with Gasteiger partial charge in [-0.3, -0.25) is 4.79 Å². The highest BCUT2D eigenvalue weighted by molar-refractivity contribution is 9.10. The van der Waals surface area contributed by atoms with E-state index in [0.29, 0.717) is 35.7 Å². The van der Waals surface area contributed by atoms with Crippen LogP contribution in [0.25, 0.3) is 0 Å². The normalized spacial score (nSPS) is 25.3. The number of carboxylic acid groups (broad SMARTS) is 1. The van der Waals surface area contributed by atoms with Crippen LogP contribution in [-0.2, 0) is 31.8 Å². The maximum atomic E-state index is 13.9. The van der Waals surface area contributed by atoms with Gasteiger partial charge in [0.05, 0.1) is 31.4 Å². The van der Waals surface area contributed by atoms with Gasteiger partial charge in [0.1, 0.15) is 12.1 Å². The zero-order chi connectivity index (χ0) is 29.4. The lowest BCUT2D eigenvalue weighted by atomic mass is 9.73. The molecule has 8 nitrogen and oxygen atoms in total. The van der Waals surface area contributed by atoms with Crippen molar-refractivity contribution in [3.63, 3.8) is 0 Å². The number of hydrogen-bond acceptors (Lipinski definition) is 6. The number of nitrogens with zero attached hydrogens (tertiary/aromatic N) is 2. The Morgan fingerprint density at radius 3 is 2.50 bits per heavy atom. The quantitative estimate of drug-likeness (QED) is 0.424. The molecule has 0 unspecified atom stereocenters. The fraction of sp³-hybridized carbons (Fsp3) is 0.536. The summed E-state index contributed by atoms with van der Waals surface area (Å²) in [5.41, 5.74) is -0.973. The van der Waals surface area contributed by atoms with Crippen LogP contribution < -0.4 is 4.74 Å². The van der Waals surface area contributed by atoms with Crippen molar-refractivity contribution in [2.24, 2.45) is 11.3 Å². The summed E-state index contributed by atoms with van der Waals surface area (Å²) in [7, 11) is 1.29. The van der Waals surface area contributed by atoms with Crippen LogP contribution in [0, 0.1) is 11.3 Å². The average Bonchev–Trinajstić information content (AvgIpc) is 3.53. The first-order valence-corrected chi connectivity index (χ1v) is 13.7. The second-order valence-electron chi connectivity index (χ2n) is 11.1. The number of carboxylic acids is 1. The molecule has 4 rings (SSSR count). The highest BCUT2D eigenvalue weighted by atomic mass is 79.9. The summed E-state index contributed by atoms with van der Waals surface area (Å²) in [5.74, 6) is -2.42. The van der Waals surface area contributed by atoms with E-state index in [0.717, 1.165) is 6.07 Å². The van der Waals surface area contributed by atoms with Crippen molar-refractivity contribution in [2.45, 2.75) is 70.7 Å². The Hall–Kier alpha value is -2.70. The molecular formula is C28H32BrF3N2O6. The molecule has 0 saturated carbocycles. The number of carbonyl (C=O) groups is 2. The number of benzene rings is 1. The van der Waals surface area contributed by atoms with E-state index in [4.69, 9.17) is 14.2 Å². The Kier molecular flexibility index (Phi) is 8.82. The molecule has 0 spiro atoms. The van der Waals surface area contributed by atoms with Gasteiger partial charge >= 0.3 is 12.1 Å². The molecule has 40 heavy (non-hydrogen) atoms. The Morgan fingerprint density at radius 1 is 1.23 bits per heavy atom. The summed E-state index contributed by atoms with van der Waals surface area (Å²) in [4.78, 5) is 31.9. The molecule has 3 heterocycles. The van der Waals surface area contributed by atoms with E-state index in [1.807, 2.05) is 20.8 Å². The van der Waals surface area contributed by atoms with Crippen LogP contribution in [0.3, 0.4) is 0 Å². The van der Waals surface area contributed by atoms with Crippen LogP contribution in [0.1, 0.15) is 56.3 Å². The number of hydrogen-bond donors (Lipinski definition) is 1. The van der Waals surface area contributed by atoms with Crippen molar-refractivity contribution >= 4 is 27.8 Å².